The molecule has 2 aromatic rings. The van der Waals surface area contributed by atoms with Crippen molar-refractivity contribution in [1.29, 1.82) is 0 Å². The average Bonchev–Trinajstić information content (AvgIpc) is 2.28. The highest BCUT2D eigenvalue weighted by atomic mass is 79.9. The number of pyridine rings is 1. The molecule has 0 radical (unpaired) electrons. The van der Waals surface area contributed by atoms with Gasteiger partial charge in [0.25, 0.3) is 5.56 Å². The molecule has 2 rings (SSSR count). The van der Waals surface area contributed by atoms with Crippen LogP contribution in [-0.2, 0) is 5.60 Å². The van der Waals surface area contributed by atoms with Gasteiger partial charge in [0, 0.05) is 15.7 Å². The van der Waals surface area contributed by atoms with Crippen LogP contribution in [0.25, 0.3) is 11.3 Å². The highest BCUT2D eigenvalue weighted by molar-refractivity contribution is 9.10. The Morgan fingerprint density at radius 1 is 1.11 bits per heavy atom. The number of hydrogen-bond donors (Lipinski definition) is 2. The van der Waals surface area contributed by atoms with Gasteiger partial charge in [0.15, 0.2) is 0 Å². The Labute approximate surface area is 114 Å². The summed E-state index contributed by atoms with van der Waals surface area (Å²) >= 11 is 3.37. The lowest BCUT2D eigenvalue weighted by Gasteiger charge is -2.16. The van der Waals surface area contributed by atoms with Gasteiger partial charge >= 0.3 is 0 Å². The number of H-pyrrole nitrogens is 1. The first-order chi connectivity index (χ1) is 8.38. The van der Waals surface area contributed by atoms with E-state index in [0.717, 1.165) is 15.7 Å². The van der Waals surface area contributed by atoms with E-state index in [4.69, 9.17) is 0 Å². The van der Waals surface area contributed by atoms with Gasteiger partial charge in [-0.05, 0) is 43.7 Å². The van der Waals surface area contributed by atoms with Crippen LogP contribution in [-0.4, -0.2) is 10.1 Å². The lowest BCUT2D eigenvalue weighted by atomic mass is 9.99. The molecule has 1 aromatic heterocycles. The number of nitrogens with one attached hydrogen (secondary N) is 1. The summed E-state index contributed by atoms with van der Waals surface area (Å²) in [6.07, 6.45) is 0. The number of hydrogen-bond acceptors (Lipinski definition) is 2. The van der Waals surface area contributed by atoms with Gasteiger partial charge in [-0.3, -0.25) is 4.79 Å². The molecule has 0 atom stereocenters. The van der Waals surface area contributed by atoms with E-state index in [1.165, 1.54) is 0 Å². The quantitative estimate of drug-likeness (QED) is 0.896. The number of aliphatic hydroxyl groups is 1. The smallest absolute Gasteiger partial charge is 0.254 e. The van der Waals surface area contributed by atoms with Gasteiger partial charge in [0.05, 0.1) is 5.60 Å². The van der Waals surface area contributed by atoms with E-state index in [0.29, 0.717) is 5.56 Å². The molecule has 2 N–H and O–H groups in total. The van der Waals surface area contributed by atoms with Gasteiger partial charge < -0.3 is 10.1 Å². The molecule has 0 fully saturated rings. The van der Waals surface area contributed by atoms with Gasteiger partial charge in [-0.1, -0.05) is 28.1 Å². The third kappa shape index (κ3) is 2.71. The fourth-order valence-electron chi connectivity index (χ4n) is 1.75. The van der Waals surface area contributed by atoms with Crippen LogP contribution in [0.1, 0.15) is 19.4 Å². The van der Waals surface area contributed by atoms with Gasteiger partial charge in [0.2, 0.25) is 0 Å². The number of rotatable bonds is 2. The average molecular weight is 308 g/mol. The van der Waals surface area contributed by atoms with E-state index in [1.54, 1.807) is 26.0 Å². The Bertz CT molecular complexity index is 609. The molecule has 4 heteroatoms. The van der Waals surface area contributed by atoms with Crippen LogP contribution in [0.4, 0.5) is 0 Å². The summed E-state index contributed by atoms with van der Waals surface area (Å²) < 4.78 is 0.988. The van der Waals surface area contributed by atoms with Crippen molar-refractivity contribution >= 4 is 15.9 Å². The van der Waals surface area contributed by atoms with Crippen LogP contribution in [0, 0.1) is 0 Å². The third-order valence-corrected chi connectivity index (χ3v) is 3.25. The summed E-state index contributed by atoms with van der Waals surface area (Å²) in [7, 11) is 0. The molecule has 0 aliphatic carbocycles. The van der Waals surface area contributed by atoms with Crippen molar-refractivity contribution in [3.05, 3.63) is 56.8 Å². The first kappa shape index (κ1) is 13.1. The van der Waals surface area contributed by atoms with Gasteiger partial charge in [0.1, 0.15) is 0 Å². The molecule has 0 aliphatic rings. The first-order valence-electron chi connectivity index (χ1n) is 5.60. The van der Waals surface area contributed by atoms with Crippen molar-refractivity contribution < 1.29 is 5.11 Å². The molecule has 3 nitrogen and oxygen atoms in total. The summed E-state index contributed by atoms with van der Waals surface area (Å²) in [5.41, 5.74) is 0.635. The molecule has 0 bridgehead atoms. The van der Waals surface area contributed by atoms with E-state index >= 15 is 0 Å². The maximum Gasteiger partial charge on any atom is 0.254 e. The molecule has 0 amide bonds. The number of halogens is 1. The van der Waals surface area contributed by atoms with E-state index < -0.39 is 5.60 Å². The van der Waals surface area contributed by atoms with Crippen molar-refractivity contribution in [2.75, 3.05) is 0 Å². The van der Waals surface area contributed by atoms with Crippen molar-refractivity contribution in [2.24, 2.45) is 0 Å². The fourth-order valence-corrected chi connectivity index (χ4v) is 2.02. The zero-order valence-electron chi connectivity index (χ0n) is 10.2. The van der Waals surface area contributed by atoms with Gasteiger partial charge in [-0.2, -0.15) is 0 Å². The molecule has 18 heavy (non-hydrogen) atoms. The monoisotopic (exact) mass is 307 g/mol. The Morgan fingerprint density at radius 3 is 2.22 bits per heavy atom. The predicted molar refractivity (Wildman–Crippen MR) is 75.4 cm³/mol. The Kier molecular flexibility index (Phi) is 3.41. The summed E-state index contributed by atoms with van der Waals surface area (Å²) in [5, 5.41) is 9.84. The maximum absolute atomic E-state index is 11.9. The topological polar surface area (TPSA) is 53.1 Å². The minimum absolute atomic E-state index is 0.261. The lowest BCUT2D eigenvalue weighted by Crippen LogP contribution is -2.26. The molecule has 0 unspecified atom stereocenters. The Hall–Kier alpha value is -1.39. The summed E-state index contributed by atoms with van der Waals surface area (Å²) in [5.74, 6) is 0. The largest absolute Gasteiger partial charge is 0.386 e. The fraction of sp³-hybridized carbons (Fsp3) is 0.214. The minimum atomic E-state index is -1.13. The van der Waals surface area contributed by atoms with E-state index in [1.807, 2.05) is 24.3 Å². The van der Waals surface area contributed by atoms with E-state index in [-0.39, 0.29) is 5.56 Å². The molecular formula is C14H14BrNO2. The molecule has 1 aromatic carbocycles. The zero-order chi connectivity index (χ0) is 13.3. The molecule has 0 aliphatic heterocycles. The molecule has 1 heterocycles. The summed E-state index contributed by atoms with van der Waals surface area (Å²) in [4.78, 5) is 14.7. The second kappa shape index (κ2) is 4.71. The van der Waals surface area contributed by atoms with Crippen LogP contribution in [0.5, 0.6) is 0 Å². The predicted octanol–water partition coefficient (Wildman–Crippen LogP) is 3.03. The second-order valence-electron chi connectivity index (χ2n) is 4.68. The highest BCUT2D eigenvalue weighted by Gasteiger charge is 2.19. The van der Waals surface area contributed by atoms with Crippen LogP contribution >= 0.6 is 15.9 Å². The first-order valence-corrected chi connectivity index (χ1v) is 6.39. The van der Waals surface area contributed by atoms with Crippen molar-refractivity contribution in [3.63, 3.8) is 0 Å². The van der Waals surface area contributed by atoms with Gasteiger partial charge in [-0.25, -0.2) is 0 Å². The normalized spacial score (nSPS) is 11.6. The Balaban J connectivity index is 2.47. The van der Waals surface area contributed by atoms with E-state index in [2.05, 4.69) is 20.9 Å². The molecule has 94 valence electrons. The maximum atomic E-state index is 11.9. The molecule has 0 saturated carbocycles. The van der Waals surface area contributed by atoms with E-state index in [9.17, 15) is 9.90 Å². The Morgan fingerprint density at radius 2 is 1.72 bits per heavy atom. The van der Waals surface area contributed by atoms with Gasteiger partial charge in [-0.15, -0.1) is 0 Å². The number of aromatic nitrogens is 1. The van der Waals surface area contributed by atoms with Crippen LogP contribution in [0.3, 0.4) is 0 Å². The zero-order valence-corrected chi connectivity index (χ0v) is 11.8. The third-order valence-electron chi connectivity index (χ3n) is 2.72. The molecular weight excluding hydrogens is 294 g/mol. The second-order valence-corrected chi connectivity index (χ2v) is 5.60. The van der Waals surface area contributed by atoms with Crippen LogP contribution in [0.2, 0.25) is 0 Å². The highest BCUT2D eigenvalue weighted by Crippen LogP contribution is 2.21. The van der Waals surface area contributed by atoms with Crippen molar-refractivity contribution in [2.45, 2.75) is 19.4 Å². The van der Waals surface area contributed by atoms with Crippen molar-refractivity contribution in [3.8, 4) is 11.3 Å². The summed E-state index contributed by atoms with van der Waals surface area (Å²) in [6, 6.07) is 11.1. The summed E-state index contributed by atoms with van der Waals surface area (Å²) in [6.45, 7) is 3.19. The molecule has 0 saturated heterocycles. The number of benzene rings is 1. The van der Waals surface area contributed by atoms with Crippen LogP contribution < -0.4 is 5.56 Å². The molecule has 0 spiro atoms. The number of aromatic amines is 1. The SMILES string of the molecule is CC(C)(O)c1ccc(-c2ccc(Br)cc2)[nH]c1=O. The van der Waals surface area contributed by atoms with Crippen molar-refractivity contribution in [1.82, 2.24) is 4.98 Å². The lowest BCUT2D eigenvalue weighted by molar-refractivity contribution is 0.0771. The van der Waals surface area contributed by atoms with Crippen LogP contribution in [0.15, 0.2) is 45.7 Å². The standard InChI is InChI=1S/C14H14BrNO2/c1-14(2,18)11-7-8-12(16-13(11)17)9-3-5-10(15)6-4-9/h3-8,18H,1-2H3,(H,16,17). The minimum Gasteiger partial charge on any atom is -0.386 e.